The summed E-state index contributed by atoms with van der Waals surface area (Å²) in [5.74, 6) is 0. The number of hydrogen-bond donors (Lipinski definition) is 0. The van der Waals surface area contributed by atoms with Gasteiger partial charge in [-0.05, 0) is 0 Å². The van der Waals surface area contributed by atoms with Gasteiger partial charge in [0.1, 0.15) is 0 Å². The van der Waals surface area contributed by atoms with Crippen molar-refractivity contribution >= 4 is 63.5 Å². The molecule has 0 spiro atoms. The maximum absolute atomic E-state index is 8.42. The van der Waals surface area contributed by atoms with Crippen LogP contribution < -0.4 is 49.0 Å². The fourth-order valence-electron chi connectivity index (χ4n) is 0. The minimum atomic E-state index is -2.92. The molecule has 11 heavy (non-hydrogen) atoms. The first kappa shape index (κ1) is 29.3. The molecule has 1 radical (unpaired) electrons. The smallest absolute Gasteiger partial charge is 0.907 e. The van der Waals surface area contributed by atoms with Crippen molar-refractivity contribution in [3.8, 4) is 0 Å². The minimum Gasteiger partial charge on any atom is -0.907 e. The van der Waals surface area contributed by atoms with E-state index >= 15 is 0 Å². The zero-order valence-corrected chi connectivity index (χ0v) is 13.5. The molecule has 0 bridgehead atoms. The Kier molecular flexibility index (Phi) is 62.0. The topological polar surface area (TPSA) is 138 Å². The molecule has 49 valence electrons. The molecule has 0 heterocycles. The molecule has 0 aromatic rings. The van der Waals surface area contributed by atoms with E-state index in [4.69, 9.17) is 30.1 Å². The van der Waals surface area contributed by atoms with Gasteiger partial charge >= 0.3 is 109 Å². The molecule has 6 nitrogen and oxygen atoms in total. The van der Waals surface area contributed by atoms with Crippen LogP contribution in [0.3, 0.4) is 0 Å². The molecular formula is B2BaLiNdO6. The largest absolute Gasteiger partial charge is 3.00 e. The third kappa shape index (κ3) is 150. The zero-order chi connectivity index (χ0) is 7.15. The van der Waals surface area contributed by atoms with Crippen LogP contribution in [-0.4, -0.2) is 63.5 Å². The summed E-state index contributed by atoms with van der Waals surface area (Å²) in [4.78, 5) is 0. The first-order valence-electron chi connectivity index (χ1n) is 1.41. The summed E-state index contributed by atoms with van der Waals surface area (Å²) < 4.78 is 0. The van der Waals surface area contributed by atoms with Crippen LogP contribution in [0.4, 0.5) is 0 Å². The van der Waals surface area contributed by atoms with Crippen molar-refractivity contribution < 1.29 is 89.8 Å². The maximum Gasteiger partial charge on any atom is 3.00 e. The first-order valence-corrected chi connectivity index (χ1v) is 1.41. The predicted octanol–water partition coefficient (Wildman–Crippen LogP) is -11.3. The molecule has 0 unspecified atom stereocenters. The SMILES string of the molecule is [Ba+2].[Li+].[Nd+3].[O-]B([O-])[O-].[O-]B([O-])[O-]. The van der Waals surface area contributed by atoms with Gasteiger partial charge < -0.3 is 30.1 Å². The molecule has 0 aliphatic rings. The minimum absolute atomic E-state index is 0. The molecule has 0 amide bonds. The Morgan fingerprint density at radius 2 is 0.636 bits per heavy atom. The van der Waals surface area contributed by atoms with Gasteiger partial charge in [0.15, 0.2) is 0 Å². The molecule has 0 rings (SSSR count). The van der Waals surface area contributed by atoms with Crippen molar-refractivity contribution in [2.45, 2.75) is 0 Å². The zero-order valence-electron chi connectivity index (χ0n) is 5.81. The summed E-state index contributed by atoms with van der Waals surface area (Å²) >= 11 is 0. The van der Waals surface area contributed by atoms with Crippen LogP contribution in [0.2, 0.25) is 0 Å². The maximum atomic E-state index is 8.42. The summed E-state index contributed by atoms with van der Waals surface area (Å²) in [6.07, 6.45) is 0. The predicted molar refractivity (Wildman–Crippen MR) is 17.3 cm³/mol. The van der Waals surface area contributed by atoms with E-state index in [0.717, 1.165) is 0 Å². The molecule has 0 aromatic heterocycles. The van der Waals surface area contributed by atoms with Crippen LogP contribution in [0.15, 0.2) is 0 Å². The van der Waals surface area contributed by atoms with Gasteiger partial charge in [0.2, 0.25) is 0 Å². The molecule has 0 aliphatic heterocycles. The van der Waals surface area contributed by atoms with Crippen LogP contribution in [0.25, 0.3) is 0 Å². The van der Waals surface area contributed by atoms with Crippen LogP contribution in [0.1, 0.15) is 0 Å². The van der Waals surface area contributed by atoms with E-state index in [1.165, 1.54) is 0 Å². The van der Waals surface area contributed by atoms with Crippen molar-refractivity contribution in [2.75, 3.05) is 0 Å². The Morgan fingerprint density at radius 3 is 0.636 bits per heavy atom. The van der Waals surface area contributed by atoms with Gasteiger partial charge in [-0.25, -0.2) is 0 Å². The summed E-state index contributed by atoms with van der Waals surface area (Å²) in [7, 11) is -5.83. The quantitative estimate of drug-likeness (QED) is 0.366. The van der Waals surface area contributed by atoms with E-state index in [1.54, 1.807) is 0 Å². The van der Waals surface area contributed by atoms with Crippen LogP contribution in [0.5, 0.6) is 0 Å². The average Bonchev–Trinajstić information content (AvgIpc) is 1.25. The van der Waals surface area contributed by atoms with Crippen LogP contribution in [-0.2, 0) is 0 Å². The average molecular weight is 406 g/mol. The molecular weight excluding hydrogens is 406 g/mol. The second-order valence-corrected chi connectivity index (χ2v) is 0.577. The molecule has 0 aliphatic carbocycles. The van der Waals surface area contributed by atoms with Crippen LogP contribution >= 0.6 is 0 Å². The van der Waals surface area contributed by atoms with E-state index in [2.05, 4.69) is 0 Å². The first-order chi connectivity index (χ1) is 3.46. The summed E-state index contributed by atoms with van der Waals surface area (Å²) in [5, 5.41) is 50.5. The van der Waals surface area contributed by atoms with E-state index in [-0.39, 0.29) is 109 Å². The Labute approximate surface area is 150 Å². The fourth-order valence-corrected chi connectivity index (χ4v) is 0. The van der Waals surface area contributed by atoms with E-state index in [9.17, 15) is 0 Å². The van der Waals surface area contributed by atoms with E-state index in [0.29, 0.717) is 0 Å². The second-order valence-electron chi connectivity index (χ2n) is 0.577. The molecule has 0 fully saturated rings. The van der Waals surface area contributed by atoms with E-state index in [1.807, 2.05) is 0 Å². The standard InChI is InChI=1S/2BO3.Ba.Li.Nd/c2*2-1(3)4;;;/q2*-3;+2;+1;+3. The monoisotopic (exact) mass is 405 g/mol. The van der Waals surface area contributed by atoms with Crippen molar-refractivity contribution in [1.29, 1.82) is 0 Å². The Bertz CT molecular complexity index is 36.1. The molecule has 0 saturated heterocycles. The van der Waals surface area contributed by atoms with Gasteiger partial charge in [0.05, 0.1) is 0 Å². The van der Waals surface area contributed by atoms with Crippen molar-refractivity contribution in [3.05, 3.63) is 0 Å². The third-order valence-corrected chi connectivity index (χ3v) is 0. The van der Waals surface area contributed by atoms with Gasteiger partial charge in [-0.1, -0.05) is 0 Å². The normalized spacial score (nSPS) is 4.91. The molecule has 0 aromatic carbocycles. The van der Waals surface area contributed by atoms with Gasteiger partial charge in [-0.15, -0.1) is 0 Å². The van der Waals surface area contributed by atoms with Gasteiger partial charge in [-0.3, -0.25) is 14.6 Å². The van der Waals surface area contributed by atoms with Crippen LogP contribution in [0, 0.1) is 40.8 Å². The van der Waals surface area contributed by atoms with Crippen molar-refractivity contribution in [3.63, 3.8) is 0 Å². The summed E-state index contributed by atoms with van der Waals surface area (Å²) in [5.41, 5.74) is 0. The van der Waals surface area contributed by atoms with Gasteiger partial charge in [-0.2, -0.15) is 0 Å². The third-order valence-electron chi connectivity index (χ3n) is 0. The number of rotatable bonds is 0. The summed E-state index contributed by atoms with van der Waals surface area (Å²) in [6.45, 7) is 0. The molecule has 0 atom stereocenters. The molecule has 0 N–H and O–H groups in total. The van der Waals surface area contributed by atoms with Gasteiger partial charge in [0.25, 0.3) is 0 Å². The second kappa shape index (κ2) is 23.3. The Hall–Kier alpha value is 3.41. The van der Waals surface area contributed by atoms with Gasteiger partial charge in [0, 0.05) is 0 Å². The van der Waals surface area contributed by atoms with E-state index < -0.39 is 14.6 Å². The molecule has 0 saturated carbocycles. The van der Waals surface area contributed by atoms with Crippen molar-refractivity contribution in [1.82, 2.24) is 0 Å². The summed E-state index contributed by atoms with van der Waals surface area (Å²) in [6, 6.07) is 0. The Balaban J connectivity index is -0.0000000171. The van der Waals surface area contributed by atoms with Crippen molar-refractivity contribution in [2.24, 2.45) is 0 Å². The molecule has 11 heteroatoms. The number of hydrogen-bond acceptors (Lipinski definition) is 6. The Morgan fingerprint density at radius 1 is 0.636 bits per heavy atom. The fraction of sp³-hybridized carbons (Fsp3) is 0.